The average molecular weight is 370 g/mol. The molecule has 1 atom stereocenters. The number of esters is 1. The van der Waals surface area contributed by atoms with Gasteiger partial charge in [-0.25, -0.2) is 9.69 Å². The van der Waals surface area contributed by atoms with E-state index in [9.17, 15) is 14.4 Å². The summed E-state index contributed by atoms with van der Waals surface area (Å²) in [5.74, 6) is -1.50. The highest BCUT2D eigenvalue weighted by molar-refractivity contribution is 6.42. The molecule has 1 N–H and O–H groups in total. The van der Waals surface area contributed by atoms with E-state index in [1.165, 1.54) is 18.2 Å². The highest BCUT2D eigenvalue weighted by atomic mass is 35.5. The summed E-state index contributed by atoms with van der Waals surface area (Å²) in [5, 5.41) is 4.43. The van der Waals surface area contributed by atoms with E-state index in [0.717, 1.165) is 4.90 Å². The lowest BCUT2D eigenvalue weighted by Crippen LogP contribution is -2.47. The molecule has 0 saturated carbocycles. The third-order valence-corrected chi connectivity index (χ3v) is 4.60. The van der Waals surface area contributed by atoms with Gasteiger partial charge in [-0.3, -0.25) is 15.0 Å². The van der Waals surface area contributed by atoms with Gasteiger partial charge in [-0.1, -0.05) is 23.2 Å². The first-order chi connectivity index (χ1) is 11.4. The molecule has 7 nitrogen and oxygen atoms in total. The molecule has 0 aromatic heterocycles. The van der Waals surface area contributed by atoms with Gasteiger partial charge in [-0.2, -0.15) is 5.10 Å². The van der Waals surface area contributed by atoms with Gasteiger partial charge in [0.1, 0.15) is 11.3 Å². The van der Waals surface area contributed by atoms with Gasteiger partial charge in [0.25, 0.3) is 5.91 Å². The number of amides is 2. The van der Waals surface area contributed by atoms with Crippen LogP contribution in [0.3, 0.4) is 0 Å². The van der Waals surface area contributed by atoms with Gasteiger partial charge in [-0.15, -0.1) is 0 Å². The molecule has 0 aliphatic carbocycles. The van der Waals surface area contributed by atoms with E-state index in [1.807, 2.05) is 0 Å². The van der Waals surface area contributed by atoms with E-state index in [4.69, 9.17) is 27.9 Å². The van der Waals surface area contributed by atoms with E-state index < -0.39 is 23.3 Å². The number of nitrogens with one attached hydrogen (secondary N) is 1. The van der Waals surface area contributed by atoms with Gasteiger partial charge in [-0.05, 0) is 25.1 Å². The van der Waals surface area contributed by atoms with Gasteiger partial charge < -0.3 is 4.74 Å². The van der Waals surface area contributed by atoms with Gasteiger partial charge in [0.2, 0.25) is 5.91 Å². The van der Waals surface area contributed by atoms with E-state index in [2.05, 4.69) is 10.5 Å². The van der Waals surface area contributed by atoms with Gasteiger partial charge >= 0.3 is 5.97 Å². The number of rotatable bonds is 3. The normalized spacial score (nSPS) is 22.8. The fourth-order valence-electron chi connectivity index (χ4n) is 2.72. The summed E-state index contributed by atoms with van der Waals surface area (Å²) in [6, 6.07) is 4.49. The zero-order valence-electron chi connectivity index (χ0n) is 12.6. The molecule has 2 heterocycles. The number of imide groups is 1. The average Bonchev–Trinajstić information content (AvgIpc) is 3.06. The van der Waals surface area contributed by atoms with Gasteiger partial charge in [0.15, 0.2) is 0 Å². The van der Waals surface area contributed by atoms with Gasteiger partial charge in [0.05, 0.1) is 28.8 Å². The number of hydrazone groups is 1. The minimum atomic E-state index is -1.26. The predicted octanol–water partition coefficient (Wildman–Crippen LogP) is 1.91. The molecule has 0 bridgehead atoms. The molecule has 24 heavy (non-hydrogen) atoms. The highest BCUT2D eigenvalue weighted by Gasteiger charge is 2.56. The number of hydrogen-bond acceptors (Lipinski definition) is 6. The Kier molecular flexibility index (Phi) is 4.23. The molecule has 1 aromatic carbocycles. The van der Waals surface area contributed by atoms with Crippen LogP contribution >= 0.6 is 23.2 Å². The Morgan fingerprint density at radius 3 is 2.75 bits per heavy atom. The molecule has 1 fully saturated rings. The van der Waals surface area contributed by atoms with Crippen molar-refractivity contribution in [3.63, 3.8) is 0 Å². The molecule has 2 aliphatic heterocycles. The van der Waals surface area contributed by atoms with E-state index in [-0.39, 0.29) is 30.2 Å². The fraction of sp³-hybridized carbons (Fsp3) is 0.333. The summed E-state index contributed by atoms with van der Waals surface area (Å²) >= 11 is 11.8. The van der Waals surface area contributed by atoms with Crippen molar-refractivity contribution >= 4 is 52.4 Å². The van der Waals surface area contributed by atoms with Crippen LogP contribution in [0.15, 0.2) is 23.3 Å². The smallest absolute Gasteiger partial charge is 0.354 e. The first-order valence-corrected chi connectivity index (χ1v) is 7.97. The number of ether oxygens (including phenoxy) is 1. The van der Waals surface area contributed by atoms with Crippen LogP contribution in [-0.2, 0) is 19.1 Å². The highest BCUT2D eigenvalue weighted by Crippen LogP contribution is 2.36. The number of nitrogens with zero attached hydrogens (tertiary/aromatic N) is 2. The lowest BCUT2D eigenvalue weighted by Gasteiger charge is -2.21. The van der Waals surface area contributed by atoms with Crippen LogP contribution in [0.1, 0.15) is 19.8 Å². The Morgan fingerprint density at radius 1 is 1.33 bits per heavy atom. The second kappa shape index (κ2) is 6.07. The molecule has 0 unspecified atom stereocenters. The van der Waals surface area contributed by atoms with Crippen LogP contribution in [0.25, 0.3) is 0 Å². The molecular formula is C15H13Cl2N3O4. The summed E-state index contributed by atoms with van der Waals surface area (Å²) in [4.78, 5) is 38.0. The molecule has 9 heteroatoms. The van der Waals surface area contributed by atoms with Crippen molar-refractivity contribution in [3.8, 4) is 0 Å². The van der Waals surface area contributed by atoms with Crippen molar-refractivity contribution < 1.29 is 19.1 Å². The van der Waals surface area contributed by atoms with Crippen LogP contribution in [0.4, 0.5) is 5.69 Å². The standard InChI is InChI=1S/C15H13Cl2N3O4/c1-2-24-13(22)11-6-15(19-18-11)7-12(21)20(14(15)23)8-3-4-9(16)10(17)5-8/h3-5,19H,2,6-7H2,1H3/t15-/m1/s1. The first-order valence-electron chi connectivity index (χ1n) is 7.21. The second-order valence-electron chi connectivity index (χ2n) is 5.46. The third kappa shape index (κ3) is 2.63. The Labute approximate surface area is 147 Å². The van der Waals surface area contributed by atoms with Crippen molar-refractivity contribution in [2.24, 2.45) is 5.10 Å². The predicted molar refractivity (Wildman–Crippen MR) is 88.1 cm³/mol. The molecule has 2 amide bonds. The Hall–Kier alpha value is -2.12. The third-order valence-electron chi connectivity index (χ3n) is 3.86. The van der Waals surface area contributed by atoms with Crippen molar-refractivity contribution in [2.45, 2.75) is 25.3 Å². The Balaban J connectivity index is 1.85. The fourth-order valence-corrected chi connectivity index (χ4v) is 3.01. The molecule has 1 saturated heterocycles. The number of carbonyl (C=O) groups excluding carboxylic acids is 3. The number of anilines is 1. The van der Waals surface area contributed by atoms with Gasteiger partial charge in [0, 0.05) is 6.42 Å². The molecular weight excluding hydrogens is 357 g/mol. The lowest BCUT2D eigenvalue weighted by atomic mass is 9.93. The first kappa shape index (κ1) is 16.7. The van der Waals surface area contributed by atoms with Crippen LogP contribution in [-0.4, -0.2) is 35.6 Å². The molecule has 1 spiro atoms. The molecule has 2 aliphatic rings. The van der Waals surface area contributed by atoms with Crippen LogP contribution in [0.2, 0.25) is 10.0 Å². The maximum Gasteiger partial charge on any atom is 0.354 e. The van der Waals surface area contributed by atoms with Crippen LogP contribution in [0.5, 0.6) is 0 Å². The summed E-state index contributed by atoms with van der Waals surface area (Å²) < 4.78 is 4.88. The molecule has 3 rings (SSSR count). The lowest BCUT2D eigenvalue weighted by molar-refractivity contribution is -0.135. The van der Waals surface area contributed by atoms with Crippen LogP contribution in [0, 0.1) is 0 Å². The van der Waals surface area contributed by atoms with Crippen molar-refractivity contribution in [1.82, 2.24) is 5.43 Å². The minimum absolute atomic E-state index is 0.00573. The molecule has 0 radical (unpaired) electrons. The van der Waals surface area contributed by atoms with Crippen molar-refractivity contribution in [3.05, 3.63) is 28.2 Å². The maximum atomic E-state index is 12.8. The Morgan fingerprint density at radius 2 is 2.08 bits per heavy atom. The number of halogens is 2. The zero-order valence-corrected chi connectivity index (χ0v) is 14.1. The summed E-state index contributed by atoms with van der Waals surface area (Å²) in [5.41, 5.74) is 1.80. The van der Waals surface area contributed by atoms with E-state index >= 15 is 0 Å². The molecule has 126 valence electrons. The van der Waals surface area contributed by atoms with E-state index in [0.29, 0.717) is 10.7 Å². The van der Waals surface area contributed by atoms with E-state index in [1.54, 1.807) is 6.92 Å². The Bertz CT molecular complexity index is 780. The molecule has 1 aromatic rings. The number of benzene rings is 1. The minimum Gasteiger partial charge on any atom is -0.461 e. The quantitative estimate of drug-likeness (QED) is 0.649. The number of carbonyl (C=O) groups is 3. The summed E-state index contributed by atoms with van der Waals surface area (Å²) in [6.45, 7) is 1.87. The summed E-state index contributed by atoms with van der Waals surface area (Å²) in [7, 11) is 0. The largest absolute Gasteiger partial charge is 0.461 e. The summed E-state index contributed by atoms with van der Waals surface area (Å²) in [6.07, 6.45) is -0.118. The van der Waals surface area contributed by atoms with Crippen LogP contribution < -0.4 is 10.3 Å². The number of hydrogen-bond donors (Lipinski definition) is 1. The monoisotopic (exact) mass is 369 g/mol. The van der Waals surface area contributed by atoms with Crippen molar-refractivity contribution in [2.75, 3.05) is 11.5 Å². The SMILES string of the molecule is CCOC(=O)C1=NN[C@@]2(CC(=O)N(c3ccc(Cl)c(Cl)c3)C2=O)C1. The maximum absolute atomic E-state index is 12.8. The zero-order chi connectivity index (χ0) is 17.5. The van der Waals surface area contributed by atoms with Crippen molar-refractivity contribution in [1.29, 1.82) is 0 Å². The second-order valence-corrected chi connectivity index (χ2v) is 6.27. The topological polar surface area (TPSA) is 88.1 Å².